The third-order valence-corrected chi connectivity index (χ3v) is 5.64. The number of rotatable bonds is 3. The maximum absolute atomic E-state index is 6.01. The van der Waals surface area contributed by atoms with Crippen LogP contribution in [0.4, 0.5) is 0 Å². The SMILES string of the molecule is Cc1ccc(Cl)cc1SSc1cc(Cl)ccc1C. The molecule has 0 aromatic heterocycles. The molecule has 2 rings (SSSR count). The van der Waals surface area contributed by atoms with Crippen molar-refractivity contribution in [3.63, 3.8) is 0 Å². The molecule has 0 amide bonds. The lowest BCUT2D eigenvalue weighted by Gasteiger charge is -2.07. The highest BCUT2D eigenvalue weighted by molar-refractivity contribution is 8.76. The largest absolute Gasteiger partial charge is 0.0843 e. The van der Waals surface area contributed by atoms with Gasteiger partial charge in [-0.05, 0) is 49.2 Å². The molecule has 0 bridgehead atoms. The molecule has 2 aromatic rings. The Kier molecular flexibility index (Phi) is 4.91. The molecule has 0 fully saturated rings. The number of benzene rings is 2. The first kappa shape index (κ1) is 14.1. The van der Waals surface area contributed by atoms with Crippen molar-refractivity contribution in [3.8, 4) is 0 Å². The molecule has 0 heterocycles. The summed E-state index contributed by atoms with van der Waals surface area (Å²) >= 11 is 12.0. The Hall–Kier alpha value is -0.280. The van der Waals surface area contributed by atoms with Crippen LogP contribution >= 0.6 is 44.8 Å². The highest BCUT2D eigenvalue weighted by Crippen LogP contribution is 2.41. The van der Waals surface area contributed by atoms with Gasteiger partial charge in [0.15, 0.2) is 0 Å². The highest BCUT2D eigenvalue weighted by Gasteiger charge is 2.05. The first-order valence-corrected chi connectivity index (χ1v) is 8.33. The minimum absolute atomic E-state index is 0.770. The van der Waals surface area contributed by atoms with E-state index in [9.17, 15) is 0 Å². The van der Waals surface area contributed by atoms with E-state index in [2.05, 4.69) is 13.8 Å². The van der Waals surface area contributed by atoms with Crippen LogP contribution in [0.1, 0.15) is 11.1 Å². The molecule has 0 radical (unpaired) electrons. The lowest BCUT2D eigenvalue weighted by molar-refractivity contribution is 1.30. The van der Waals surface area contributed by atoms with Gasteiger partial charge in [-0.3, -0.25) is 0 Å². The normalized spacial score (nSPS) is 10.7. The first-order chi connectivity index (χ1) is 8.56. The lowest BCUT2D eigenvalue weighted by Crippen LogP contribution is -1.79. The van der Waals surface area contributed by atoms with Crippen molar-refractivity contribution in [2.75, 3.05) is 0 Å². The number of hydrogen-bond donors (Lipinski definition) is 0. The molecule has 2 aromatic carbocycles. The summed E-state index contributed by atoms with van der Waals surface area (Å²) in [7, 11) is 3.42. The fourth-order valence-corrected chi connectivity index (χ4v) is 4.44. The molecule has 0 unspecified atom stereocenters. The average molecular weight is 315 g/mol. The third-order valence-electron chi connectivity index (χ3n) is 2.52. The van der Waals surface area contributed by atoms with Crippen molar-refractivity contribution in [1.82, 2.24) is 0 Å². The molecule has 0 aliphatic rings. The van der Waals surface area contributed by atoms with E-state index in [1.54, 1.807) is 21.6 Å². The molecule has 0 aliphatic carbocycles. The van der Waals surface area contributed by atoms with Gasteiger partial charge in [0.25, 0.3) is 0 Å². The van der Waals surface area contributed by atoms with E-state index >= 15 is 0 Å². The third kappa shape index (κ3) is 3.61. The van der Waals surface area contributed by atoms with Crippen LogP contribution in [-0.2, 0) is 0 Å². The van der Waals surface area contributed by atoms with Crippen molar-refractivity contribution in [3.05, 3.63) is 57.6 Å². The zero-order chi connectivity index (χ0) is 13.1. The van der Waals surface area contributed by atoms with Crippen LogP contribution in [0.15, 0.2) is 46.2 Å². The van der Waals surface area contributed by atoms with Gasteiger partial charge in [0.05, 0.1) is 0 Å². The summed E-state index contributed by atoms with van der Waals surface area (Å²) in [6, 6.07) is 11.9. The maximum Gasteiger partial charge on any atom is 0.0417 e. The number of hydrogen-bond acceptors (Lipinski definition) is 2. The predicted molar refractivity (Wildman–Crippen MR) is 84.1 cm³/mol. The molecule has 0 aliphatic heterocycles. The Morgan fingerprint density at radius 1 is 0.722 bits per heavy atom. The Labute approximate surface area is 125 Å². The highest BCUT2D eigenvalue weighted by atomic mass is 35.5. The molecule has 0 atom stereocenters. The summed E-state index contributed by atoms with van der Waals surface area (Å²) < 4.78 is 0. The molecule has 4 heteroatoms. The van der Waals surface area contributed by atoms with E-state index in [1.807, 2.05) is 36.4 Å². The van der Waals surface area contributed by atoms with Gasteiger partial charge in [-0.15, -0.1) is 0 Å². The molecule has 18 heavy (non-hydrogen) atoms. The van der Waals surface area contributed by atoms with E-state index in [0.717, 1.165) is 10.0 Å². The monoisotopic (exact) mass is 314 g/mol. The summed E-state index contributed by atoms with van der Waals surface area (Å²) in [6.07, 6.45) is 0. The minimum atomic E-state index is 0.770. The van der Waals surface area contributed by atoms with Crippen molar-refractivity contribution >= 4 is 44.8 Å². The molecule has 0 saturated heterocycles. The lowest BCUT2D eigenvalue weighted by atomic mass is 10.2. The average Bonchev–Trinajstić information content (AvgIpc) is 2.34. The summed E-state index contributed by atoms with van der Waals surface area (Å²) in [5, 5.41) is 1.54. The van der Waals surface area contributed by atoms with Crippen molar-refractivity contribution in [1.29, 1.82) is 0 Å². The van der Waals surface area contributed by atoms with Gasteiger partial charge in [0.1, 0.15) is 0 Å². The van der Waals surface area contributed by atoms with Gasteiger partial charge in [0.2, 0.25) is 0 Å². The zero-order valence-corrected chi connectivity index (χ0v) is 13.2. The first-order valence-electron chi connectivity index (χ1n) is 5.43. The van der Waals surface area contributed by atoms with Gasteiger partial charge in [-0.1, -0.05) is 56.9 Å². The number of halogens is 2. The zero-order valence-electron chi connectivity index (χ0n) is 10.0. The molecular weight excluding hydrogens is 303 g/mol. The van der Waals surface area contributed by atoms with Crippen LogP contribution in [-0.4, -0.2) is 0 Å². The molecule has 0 spiro atoms. The molecule has 94 valence electrons. The van der Waals surface area contributed by atoms with E-state index in [-0.39, 0.29) is 0 Å². The fraction of sp³-hybridized carbons (Fsp3) is 0.143. The van der Waals surface area contributed by atoms with Gasteiger partial charge in [-0.25, -0.2) is 0 Å². The molecule has 0 nitrogen and oxygen atoms in total. The summed E-state index contributed by atoms with van der Waals surface area (Å²) in [5.41, 5.74) is 2.47. The van der Waals surface area contributed by atoms with Crippen LogP contribution in [0.5, 0.6) is 0 Å². The van der Waals surface area contributed by atoms with Crippen molar-refractivity contribution < 1.29 is 0 Å². The standard InChI is InChI=1S/C14H12Cl2S2/c1-9-3-5-11(15)7-13(9)17-18-14-8-12(16)6-4-10(14)2/h3-8H,1-2H3. The van der Waals surface area contributed by atoms with Gasteiger partial charge in [-0.2, -0.15) is 0 Å². The fourth-order valence-electron chi connectivity index (χ4n) is 1.42. The molecular formula is C14H12Cl2S2. The van der Waals surface area contributed by atoms with Crippen LogP contribution < -0.4 is 0 Å². The minimum Gasteiger partial charge on any atom is -0.0843 e. The smallest absolute Gasteiger partial charge is 0.0417 e. The van der Waals surface area contributed by atoms with Crippen molar-refractivity contribution in [2.45, 2.75) is 23.6 Å². The van der Waals surface area contributed by atoms with Crippen LogP contribution in [0, 0.1) is 13.8 Å². The van der Waals surface area contributed by atoms with E-state index < -0.39 is 0 Å². The van der Waals surface area contributed by atoms with E-state index in [0.29, 0.717) is 0 Å². The second-order valence-electron chi connectivity index (χ2n) is 3.99. The molecule has 0 N–H and O–H groups in total. The quantitative estimate of drug-likeness (QED) is 0.600. The van der Waals surface area contributed by atoms with Crippen LogP contribution in [0.25, 0.3) is 0 Å². The summed E-state index contributed by atoms with van der Waals surface area (Å²) in [4.78, 5) is 2.37. The van der Waals surface area contributed by atoms with E-state index in [4.69, 9.17) is 23.2 Å². The second kappa shape index (κ2) is 6.25. The predicted octanol–water partition coefficient (Wildman–Crippen LogP) is 6.41. The Morgan fingerprint density at radius 3 is 1.50 bits per heavy atom. The maximum atomic E-state index is 6.01. The van der Waals surface area contributed by atoms with Crippen LogP contribution in [0.3, 0.4) is 0 Å². The Bertz CT molecular complexity index is 516. The van der Waals surface area contributed by atoms with Gasteiger partial charge >= 0.3 is 0 Å². The summed E-state index contributed by atoms with van der Waals surface area (Å²) in [6.45, 7) is 4.17. The Morgan fingerprint density at radius 2 is 1.11 bits per heavy atom. The molecule has 0 saturated carbocycles. The topological polar surface area (TPSA) is 0 Å². The van der Waals surface area contributed by atoms with Gasteiger partial charge < -0.3 is 0 Å². The van der Waals surface area contributed by atoms with Gasteiger partial charge in [0, 0.05) is 19.8 Å². The van der Waals surface area contributed by atoms with Crippen LogP contribution in [0.2, 0.25) is 10.0 Å². The number of aryl methyl sites for hydroxylation is 2. The second-order valence-corrected chi connectivity index (χ2v) is 7.07. The summed E-state index contributed by atoms with van der Waals surface area (Å²) in [5.74, 6) is 0. The van der Waals surface area contributed by atoms with Crippen molar-refractivity contribution in [2.24, 2.45) is 0 Å². The Balaban J connectivity index is 2.16. The van der Waals surface area contributed by atoms with E-state index in [1.165, 1.54) is 20.9 Å².